The van der Waals surface area contributed by atoms with E-state index >= 15 is 0 Å². The third-order valence-electron chi connectivity index (χ3n) is 4.57. The molecule has 2 aromatic carbocycles. The molecule has 0 aliphatic carbocycles. The lowest BCUT2D eigenvalue weighted by Gasteiger charge is -2.24. The van der Waals surface area contributed by atoms with Gasteiger partial charge in [-0.2, -0.15) is 0 Å². The number of nitrogens with one attached hydrogen (secondary N) is 2. The van der Waals surface area contributed by atoms with Crippen molar-refractivity contribution in [2.45, 2.75) is 6.92 Å². The average Bonchev–Trinajstić information content (AvgIpc) is 2.82. The maximum atomic E-state index is 12.8. The van der Waals surface area contributed by atoms with Gasteiger partial charge in [0.25, 0.3) is 5.56 Å². The van der Waals surface area contributed by atoms with Crippen LogP contribution >= 0.6 is 0 Å². The van der Waals surface area contributed by atoms with Crippen molar-refractivity contribution in [1.82, 2.24) is 24.9 Å². The third-order valence-corrected chi connectivity index (χ3v) is 4.57. The van der Waals surface area contributed by atoms with Gasteiger partial charge in [-0.3, -0.25) is 24.4 Å². The molecule has 164 valence electrons. The maximum absolute atomic E-state index is 12.8. The lowest BCUT2D eigenvalue weighted by Crippen LogP contribution is -2.38. The molecule has 0 atom stereocenters. The molecule has 10 heteroatoms. The molecule has 0 saturated heterocycles. The number of anilines is 3. The van der Waals surface area contributed by atoms with Gasteiger partial charge in [0.2, 0.25) is 11.8 Å². The Morgan fingerprint density at radius 1 is 1.06 bits per heavy atom. The highest BCUT2D eigenvalue weighted by molar-refractivity contribution is 5.99. The largest absolute Gasteiger partial charge is 0.322 e. The molecule has 0 unspecified atom stereocenters. The van der Waals surface area contributed by atoms with Crippen molar-refractivity contribution in [2.24, 2.45) is 0 Å². The van der Waals surface area contributed by atoms with E-state index in [9.17, 15) is 14.4 Å². The van der Waals surface area contributed by atoms with Crippen LogP contribution in [0.5, 0.6) is 0 Å². The standard InChI is InChI=1S/C23H19N7O3/c1-3-19(32)27-16-8-7-11-18(12-16)29-20(33)13-24-21-22(29)25-14-26-23(21)30(28-15(2)31)17-9-5-4-6-10-17/h3-14H,1H2,2H3,(H,27,32)(H,28,31). The van der Waals surface area contributed by atoms with Gasteiger partial charge in [-0.15, -0.1) is 0 Å². The number of carbonyl (C=O) groups is 2. The van der Waals surface area contributed by atoms with Crippen molar-refractivity contribution in [3.63, 3.8) is 0 Å². The second kappa shape index (κ2) is 9.10. The van der Waals surface area contributed by atoms with E-state index < -0.39 is 5.56 Å². The second-order valence-corrected chi connectivity index (χ2v) is 6.88. The van der Waals surface area contributed by atoms with Gasteiger partial charge in [-0.25, -0.2) is 20.0 Å². The van der Waals surface area contributed by atoms with Crippen LogP contribution in [0.2, 0.25) is 0 Å². The van der Waals surface area contributed by atoms with Crippen molar-refractivity contribution >= 4 is 40.2 Å². The van der Waals surface area contributed by atoms with Crippen LogP contribution in [0, 0.1) is 0 Å². The molecule has 0 spiro atoms. The van der Waals surface area contributed by atoms with Gasteiger partial charge < -0.3 is 5.32 Å². The molecule has 2 aromatic heterocycles. The Hall–Kier alpha value is -4.86. The molecule has 0 saturated carbocycles. The van der Waals surface area contributed by atoms with Gasteiger partial charge in [-0.05, 0) is 36.4 Å². The summed E-state index contributed by atoms with van der Waals surface area (Å²) in [5.74, 6) is -0.409. The highest BCUT2D eigenvalue weighted by Gasteiger charge is 2.19. The average molecular weight is 441 g/mol. The van der Waals surface area contributed by atoms with E-state index in [4.69, 9.17) is 0 Å². The molecule has 0 radical (unpaired) electrons. The normalized spacial score (nSPS) is 10.5. The van der Waals surface area contributed by atoms with E-state index in [-0.39, 0.29) is 28.8 Å². The Morgan fingerprint density at radius 2 is 1.85 bits per heavy atom. The molecule has 0 aliphatic rings. The van der Waals surface area contributed by atoms with Gasteiger partial charge >= 0.3 is 0 Å². The number of nitrogens with zero attached hydrogens (tertiary/aromatic N) is 5. The monoisotopic (exact) mass is 441 g/mol. The quantitative estimate of drug-likeness (QED) is 0.348. The fourth-order valence-corrected chi connectivity index (χ4v) is 3.23. The number of amides is 2. The van der Waals surface area contributed by atoms with Gasteiger partial charge in [0, 0.05) is 12.6 Å². The lowest BCUT2D eigenvalue weighted by atomic mass is 10.2. The van der Waals surface area contributed by atoms with Crippen LogP contribution < -0.4 is 21.3 Å². The summed E-state index contributed by atoms with van der Waals surface area (Å²) in [6.07, 6.45) is 3.60. The van der Waals surface area contributed by atoms with E-state index in [0.29, 0.717) is 17.1 Å². The highest BCUT2D eigenvalue weighted by Crippen LogP contribution is 2.27. The molecular weight excluding hydrogens is 422 g/mol. The molecule has 2 amide bonds. The molecular formula is C23H19N7O3. The van der Waals surface area contributed by atoms with Gasteiger partial charge in [0.05, 0.1) is 17.6 Å². The predicted molar refractivity (Wildman–Crippen MR) is 124 cm³/mol. The van der Waals surface area contributed by atoms with E-state index in [2.05, 4.69) is 32.3 Å². The summed E-state index contributed by atoms with van der Waals surface area (Å²) in [5.41, 5.74) is 4.41. The number of fused-ring (bicyclic) bond motifs is 1. The SMILES string of the molecule is C=CC(=O)Nc1cccc(-n2c(=O)cnc3c(N(NC(C)=O)c4ccccc4)ncnc32)c1. The van der Waals surface area contributed by atoms with Crippen molar-refractivity contribution < 1.29 is 9.59 Å². The number of carbonyl (C=O) groups excluding carboxylic acids is 2. The first kappa shape index (κ1) is 21.4. The number of hydrogen-bond donors (Lipinski definition) is 2. The van der Waals surface area contributed by atoms with Gasteiger partial charge in [0.15, 0.2) is 17.0 Å². The molecule has 2 N–H and O–H groups in total. The van der Waals surface area contributed by atoms with E-state index in [0.717, 1.165) is 12.3 Å². The topological polar surface area (TPSA) is 122 Å². The van der Waals surface area contributed by atoms with Crippen LogP contribution in [0.15, 0.2) is 84.6 Å². The second-order valence-electron chi connectivity index (χ2n) is 6.88. The minimum absolute atomic E-state index is 0.228. The van der Waals surface area contributed by atoms with Crippen LogP contribution in [-0.4, -0.2) is 31.3 Å². The Kier molecular flexibility index (Phi) is 5.90. The van der Waals surface area contributed by atoms with Crippen molar-refractivity contribution in [2.75, 3.05) is 10.3 Å². The van der Waals surface area contributed by atoms with Gasteiger partial charge in [-0.1, -0.05) is 30.8 Å². The van der Waals surface area contributed by atoms with Crippen molar-refractivity contribution in [3.05, 3.63) is 90.1 Å². The highest BCUT2D eigenvalue weighted by atomic mass is 16.2. The van der Waals surface area contributed by atoms with Crippen LogP contribution in [0.1, 0.15) is 6.92 Å². The zero-order chi connectivity index (χ0) is 23.4. The number of para-hydroxylation sites is 1. The van der Waals surface area contributed by atoms with Crippen LogP contribution in [0.3, 0.4) is 0 Å². The number of benzene rings is 2. The molecule has 2 heterocycles. The first-order chi connectivity index (χ1) is 16.0. The zero-order valence-corrected chi connectivity index (χ0v) is 17.6. The Bertz CT molecular complexity index is 1420. The van der Waals surface area contributed by atoms with Crippen molar-refractivity contribution in [1.29, 1.82) is 0 Å². The summed E-state index contributed by atoms with van der Waals surface area (Å²) in [6, 6.07) is 15.8. The summed E-state index contributed by atoms with van der Waals surface area (Å²) in [6.45, 7) is 4.82. The van der Waals surface area contributed by atoms with Crippen LogP contribution in [0.4, 0.5) is 17.2 Å². The number of hydrogen-bond acceptors (Lipinski definition) is 7. The van der Waals surface area contributed by atoms with E-state index in [1.54, 1.807) is 36.4 Å². The zero-order valence-electron chi connectivity index (χ0n) is 17.6. The molecule has 0 aliphatic heterocycles. The first-order valence-electron chi connectivity index (χ1n) is 9.87. The smallest absolute Gasteiger partial charge is 0.275 e. The maximum Gasteiger partial charge on any atom is 0.275 e. The van der Waals surface area contributed by atoms with E-state index in [1.807, 2.05) is 18.2 Å². The third kappa shape index (κ3) is 4.44. The number of aromatic nitrogens is 4. The summed E-state index contributed by atoms with van der Waals surface area (Å²) in [7, 11) is 0. The molecule has 4 aromatic rings. The van der Waals surface area contributed by atoms with Crippen LogP contribution in [0.25, 0.3) is 16.9 Å². The molecule has 10 nitrogen and oxygen atoms in total. The predicted octanol–water partition coefficient (Wildman–Crippen LogP) is 2.49. The Balaban J connectivity index is 1.91. The van der Waals surface area contributed by atoms with Crippen LogP contribution in [-0.2, 0) is 9.59 Å². The summed E-state index contributed by atoms with van der Waals surface area (Å²) in [4.78, 5) is 49.3. The Labute approximate surface area is 188 Å². The summed E-state index contributed by atoms with van der Waals surface area (Å²) < 4.78 is 1.36. The fraction of sp³-hybridized carbons (Fsp3) is 0.0435. The summed E-state index contributed by atoms with van der Waals surface area (Å²) in [5, 5.41) is 4.15. The minimum Gasteiger partial charge on any atom is -0.322 e. The molecule has 0 bridgehead atoms. The summed E-state index contributed by atoms with van der Waals surface area (Å²) >= 11 is 0. The number of hydrazine groups is 1. The van der Waals surface area contributed by atoms with Crippen molar-refractivity contribution in [3.8, 4) is 5.69 Å². The minimum atomic E-state index is -0.426. The lowest BCUT2D eigenvalue weighted by molar-refractivity contribution is -0.119. The molecule has 33 heavy (non-hydrogen) atoms. The van der Waals surface area contributed by atoms with Gasteiger partial charge in [0.1, 0.15) is 6.33 Å². The Morgan fingerprint density at radius 3 is 2.58 bits per heavy atom. The van der Waals surface area contributed by atoms with E-state index in [1.165, 1.54) is 22.8 Å². The molecule has 0 fully saturated rings. The number of rotatable bonds is 6. The fourth-order valence-electron chi connectivity index (χ4n) is 3.23. The molecule has 4 rings (SSSR count). The first-order valence-corrected chi connectivity index (χ1v) is 9.87.